The van der Waals surface area contributed by atoms with Crippen molar-refractivity contribution in [1.29, 1.82) is 0 Å². The molecule has 1 saturated heterocycles. The molecule has 0 aromatic heterocycles. The molecule has 2 aliphatic carbocycles. The van der Waals surface area contributed by atoms with E-state index in [1.165, 1.54) is 38.5 Å². The number of hydrogen-bond acceptors (Lipinski definition) is 2. The van der Waals surface area contributed by atoms with Gasteiger partial charge < -0.3 is 0 Å². The highest BCUT2D eigenvalue weighted by Gasteiger charge is 2.42. The Bertz CT molecular complexity index is 229. The molecule has 6 atom stereocenters. The molecule has 0 aromatic carbocycles. The van der Waals surface area contributed by atoms with Crippen molar-refractivity contribution in [3.05, 3.63) is 0 Å². The fourth-order valence-corrected chi connectivity index (χ4v) is 7.94. The first-order chi connectivity index (χ1) is 7.72. The van der Waals surface area contributed by atoms with Gasteiger partial charge in [-0.15, -0.1) is 0 Å². The van der Waals surface area contributed by atoms with E-state index in [4.69, 9.17) is 0 Å². The maximum absolute atomic E-state index is 2.46. The van der Waals surface area contributed by atoms with Gasteiger partial charge >= 0.3 is 0 Å². The van der Waals surface area contributed by atoms with Crippen molar-refractivity contribution in [1.82, 2.24) is 0 Å². The molecule has 92 valence electrons. The molecule has 0 aromatic rings. The summed E-state index contributed by atoms with van der Waals surface area (Å²) in [6, 6.07) is 0. The lowest BCUT2D eigenvalue weighted by atomic mass is 9.89. The second-order valence-electron chi connectivity index (χ2n) is 6.26. The minimum atomic E-state index is 0.993. The second kappa shape index (κ2) is 4.76. The highest BCUT2D eigenvalue weighted by molar-refractivity contribution is 8.07. The van der Waals surface area contributed by atoms with Gasteiger partial charge in [0.2, 0.25) is 0 Å². The van der Waals surface area contributed by atoms with E-state index in [0.717, 1.165) is 32.8 Å². The Balaban J connectivity index is 1.67. The summed E-state index contributed by atoms with van der Waals surface area (Å²) in [5.41, 5.74) is 0. The molecule has 0 radical (unpaired) electrons. The Morgan fingerprint density at radius 1 is 0.625 bits per heavy atom. The van der Waals surface area contributed by atoms with Crippen LogP contribution in [0.25, 0.3) is 0 Å². The van der Waals surface area contributed by atoms with Gasteiger partial charge in [-0.2, -0.15) is 23.5 Å². The summed E-state index contributed by atoms with van der Waals surface area (Å²) < 4.78 is 0. The van der Waals surface area contributed by atoms with Gasteiger partial charge in [0.25, 0.3) is 0 Å². The van der Waals surface area contributed by atoms with E-state index in [0.29, 0.717) is 0 Å². The molecule has 16 heavy (non-hydrogen) atoms. The summed E-state index contributed by atoms with van der Waals surface area (Å²) in [6.45, 7) is 4.91. The largest absolute Gasteiger partial charge is 0.153 e. The van der Waals surface area contributed by atoms with Gasteiger partial charge in [0.15, 0.2) is 0 Å². The van der Waals surface area contributed by atoms with Crippen molar-refractivity contribution in [2.24, 2.45) is 11.8 Å². The van der Waals surface area contributed by atoms with E-state index in [1.807, 2.05) is 0 Å². The summed E-state index contributed by atoms with van der Waals surface area (Å²) in [4.78, 5) is 0. The number of thioether (sulfide) groups is 2. The summed E-state index contributed by atoms with van der Waals surface area (Å²) >= 11 is 4.77. The average molecular weight is 256 g/mol. The monoisotopic (exact) mass is 256 g/mol. The molecule has 1 aliphatic heterocycles. The van der Waals surface area contributed by atoms with Crippen LogP contribution in [-0.2, 0) is 0 Å². The third-order valence-corrected chi connectivity index (χ3v) is 8.60. The fourth-order valence-electron chi connectivity index (χ4n) is 3.65. The zero-order valence-corrected chi connectivity index (χ0v) is 12.2. The lowest BCUT2D eigenvalue weighted by molar-refractivity contribution is 0.374. The van der Waals surface area contributed by atoms with E-state index in [-0.39, 0.29) is 0 Å². The molecule has 2 heteroatoms. The highest BCUT2D eigenvalue weighted by Crippen LogP contribution is 2.52. The molecule has 0 nitrogen and oxygen atoms in total. The van der Waals surface area contributed by atoms with Crippen LogP contribution >= 0.6 is 23.5 Å². The van der Waals surface area contributed by atoms with E-state index < -0.39 is 0 Å². The summed E-state index contributed by atoms with van der Waals surface area (Å²) in [7, 11) is 0. The number of rotatable bonds is 0. The quantitative estimate of drug-likeness (QED) is 0.622. The van der Waals surface area contributed by atoms with Crippen LogP contribution in [0.1, 0.15) is 52.4 Å². The fraction of sp³-hybridized carbons (Fsp3) is 1.00. The molecule has 0 spiro atoms. The lowest BCUT2D eigenvalue weighted by Gasteiger charge is -2.47. The molecule has 1 heterocycles. The molecule has 0 bridgehead atoms. The van der Waals surface area contributed by atoms with Gasteiger partial charge in [0, 0.05) is 21.0 Å². The predicted octanol–water partition coefficient (Wildman–Crippen LogP) is 4.58. The van der Waals surface area contributed by atoms with E-state index in [1.54, 1.807) is 0 Å². The van der Waals surface area contributed by atoms with Gasteiger partial charge in [-0.25, -0.2) is 0 Å². The molecule has 3 rings (SSSR count). The van der Waals surface area contributed by atoms with Crippen LogP contribution < -0.4 is 0 Å². The van der Waals surface area contributed by atoms with Gasteiger partial charge in [-0.05, 0) is 50.4 Å². The average Bonchev–Trinajstić information content (AvgIpc) is 2.26. The Hall–Kier alpha value is 0.700. The topological polar surface area (TPSA) is 0 Å². The predicted molar refractivity (Wildman–Crippen MR) is 76.4 cm³/mol. The van der Waals surface area contributed by atoms with Crippen LogP contribution in [0.15, 0.2) is 0 Å². The Morgan fingerprint density at radius 3 is 1.56 bits per heavy atom. The molecule has 0 N–H and O–H groups in total. The van der Waals surface area contributed by atoms with Crippen LogP contribution in [0.4, 0.5) is 0 Å². The van der Waals surface area contributed by atoms with Crippen LogP contribution in [0, 0.1) is 11.8 Å². The molecular formula is C14H24S2. The molecule has 3 fully saturated rings. The molecule has 6 unspecified atom stereocenters. The third-order valence-electron chi connectivity index (χ3n) is 4.69. The van der Waals surface area contributed by atoms with E-state index in [9.17, 15) is 0 Å². The van der Waals surface area contributed by atoms with E-state index in [2.05, 4.69) is 37.4 Å². The first-order valence-electron chi connectivity index (χ1n) is 7.03. The molecule has 3 aliphatic rings. The van der Waals surface area contributed by atoms with Crippen molar-refractivity contribution in [3.63, 3.8) is 0 Å². The van der Waals surface area contributed by atoms with Crippen LogP contribution in [0.5, 0.6) is 0 Å². The van der Waals surface area contributed by atoms with Gasteiger partial charge in [0.05, 0.1) is 0 Å². The Labute approximate surface area is 109 Å². The molecule has 2 saturated carbocycles. The van der Waals surface area contributed by atoms with Crippen LogP contribution in [0.2, 0.25) is 0 Å². The van der Waals surface area contributed by atoms with Crippen molar-refractivity contribution < 1.29 is 0 Å². The van der Waals surface area contributed by atoms with Crippen molar-refractivity contribution in [2.45, 2.75) is 73.4 Å². The van der Waals surface area contributed by atoms with Crippen molar-refractivity contribution >= 4 is 23.5 Å². The van der Waals surface area contributed by atoms with E-state index >= 15 is 0 Å². The van der Waals surface area contributed by atoms with Gasteiger partial charge in [0.1, 0.15) is 0 Å². The SMILES string of the molecule is CC1CCC2SC3CCC(C)CC3SC2C1. The summed E-state index contributed by atoms with van der Waals surface area (Å²) in [5, 5.41) is 4.02. The smallest absolute Gasteiger partial charge is 0.0172 e. The zero-order chi connectivity index (χ0) is 11.1. The van der Waals surface area contributed by atoms with Crippen molar-refractivity contribution in [3.8, 4) is 0 Å². The second-order valence-corrected chi connectivity index (χ2v) is 9.23. The third kappa shape index (κ3) is 2.29. The Morgan fingerprint density at radius 2 is 1.06 bits per heavy atom. The van der Waals surface area contributed by atoms with Gasteiger partial charge in [-0.1, -0.05) is 13.8 Å². The Kier molecular flexibility index (Phi) is 3.50. The van der Waals surface area contributed by atoms with Gasteiger partial charge in [-0.3, -0.25) is 0 Å². The molecule has 0 amide bonds. The minimum absolute atomic E-state index is 0.993. The summed E-state index contributed by atoms with van der Waals surface area (Å²) in [6.07, 6.45) is 8.98. The molecular weight excluding hydrogens is 232 g/mol. The summed E-state index contributed by atoms with van der Waals surface area (Å²) in [5.74, 6) is 1.99. The number of fused-ring (bicyclic) bond motifs is 2. The minimum Gasteiger partial charge on any atom is -0.153 e. The zero-order valence-electron chi connectivity index (χ0n) is 10.5. The first kappa shape index (κ1) is 11.8. The van der Waals surface area contributed by atoms with Crippen molar-refractivity contribution in [2.75, 3.05) is 0 Å². The normalized spacial score (nSPS) is 52.9. The lowest BCUT2D eigenvalue weighted by Crippen LogP contribution is -2.42. The maximum Gasteiger partial charge on any atom is 0.0172 e. The van der Waals surface area contributed by atoms with Crippen LogP contribution in [-0.4, -0.2) is 21.0 Å². The standard InChI is InChI=1S/C14H24S2/c1-9-3-5-11-13(7-9)16-14-8-10(2)4-6-12(14)15-11/h9-14H,3-8H2,1-2H3. The van der Waals surface area contributed by atoms with Crippen LogP contribution in [0.3, 0.4) is 0 Å². The number of hydrogen-bond donors (Lipinski definition) is 0. The maximum atomic E-state index is 2.46. The first-order valence-corrected chi connectivity index (χ1v) is 8.92. The highest BCUT2D eigenvalue weighted by atomic mass is 32.2.